The molecule has 0 fully saturated rings. The van der Waals surface area contributed by atoms with Crippen LogP contribution in [0.1, 0.15) is 0 Å². The summed E-state index contributed by atoms with van der Waals surface area (Å²) in [6.45, 7) is 0. The second-order valence-corrected chi connectivity index (χ2v) is 8.48. The van der Waals surface area contributed by atoms with Crippen LogP contribution < -0.4 is 4.72 Å². The molecule has 0 aliphatic heterocycles. The lowest BCUT2D eigenvalue weighted by Crippen LogP contribution is -2.14. The Morgan fingerprint density at radius 1 is 1.08 bits per heavy atom. The van der Waals surface area contributed by atoms with Gasteiger partial charge in [-0.1, -0.05) is 29.3 Å². The van der Waals surface area contributed by atoms with Crippen molar-refractivity contribution in [2.45, 2.75) is 14.9 Å². The summed E-state index contributed by atoms with van der Waals surface area (Å²) in [5.41, 5.74) is 0.401. The molecule has 3 rings (SSSR count). The van der Waals surface area contributed by atoms with Crippen LogP contribution in [0.3, 0.4) is 0 Å². The number of sulfonamides is 1. The monoisotopic (exact) mass is 414 g/mol. The normalized spacial score (nSPS) is 11.5. The van der Waals surface area contributed by atoms with E-state index in [9.17, 15) is 8.42 Å². The fraction of sp³-hybridized carbons (Fsp3) is 0.0667. The molecule has 3 aromatic rings. The Balaban J connectivity index is 1.80. The van der Waals surface area contributed by atoms with Crippen LogP contribution in [-0.2, 0) is 17.1 Å². The van der Waals surface area contributed by atoms with E-state index in [1.54, 1.807) is 41.2 Å². The molecule has 0 spiro atoms. The summed E-state index contributed by atoms with van der Waals surface area (Å²) in [5.74, 6) is 0. The molecular formula is C15H12Cl2N4O2S2. The van der Waals surface area contributed by atoms with Crippen LogP contribution in [0.25, 0.3) is 0 Å². The molecular weight excluding hydrogens is 403 g/mol. The third kappa shape index (κ3) is 4.09. The molecule has 0 aliphatic rings. The molecule has 1 aromatic heterocycles. The van der Waals surface area contributed by atoms with Gasteiger partial charge in [-0.2, -0.15) is 0 Å². The van der Waals surface area contributed by atoms with Crippen LogP contribution in [0.4, 0.5) is 5.69 Å². The molecule has 0 saturated heterocycles. The van der Waals surface area contributed by atoms with Crippen LogP contribution >= 0.6 is 35.0 Å². The van der Waals surface area contributed by atoms with Gasteiger partial charge in [0, 0.05) is 17.6 Å². The van der Waals surface area contributed by atoms with Crippen LogP contribution in [0, 0.1) is 0 Å². The maximum Gasteiger partial charge on any atom is 0.264 e. The van der Waals surface area contributed by atoms with Crippen LogP contribution in [0.2, 0.25) is 10.0 Å². The fourth-order valence-electron chi connectivity index (χ4n) is 2.01. The van der Waals surface area contributed by atoms with Gasteiger partial charge >= 0.3 is 0 Å². The van der Waals surface area contributed by atoms with Crippen LogP contribution in [0.5, 0.6) is 0 Å². The molecule has 1 N–H and O–H groups in total. The first-order valence-electron chi connectivity index (χ1n) is 6.95. The predicted octanol–water partition coefficient (Wildman–Crippen LogP) is 4.07. The number of nitrogens with zero attached hydrogens (tertiary/aromatic N) is 3. The average molecular weight is 415 g/mol. The number of aryl methyl sites for hydroxylation is 1. The van der Waals surface area contributed by atoms with E-state index in [1.807, 2.05) is 7.05 Å². The van der Waals surface area contributed by atoms with Crippen molar-refractivity contribution >= 4 is 50.7 Å². The fourth-order valence-corrected chi connectivity index (χ4v) is 4.97. The van der Waals surface area contributed by atoms with Crippen molar-refractivity contribution in [3.8, 4) is 0 Å². The molecule has 0 aliphatic carbocycles. The van der Waals surface area contributed by atoms with E-state index in [4.69, 9.17) is 23.2 Å². The molecule has 0 unspecified atom stereocenters. The SMILES string of the molecule is Cn1cnnc1Sc1ccc(NS(=O)(=O)c2c(Cl)cccc2Cl)cc1. The topological polar surface area (TPSA) is 76.9 Å². The highest BCUT2D eigenvalue weighted by Gasteiger charge is 2.21. The first-order chi connectivity index (χ1) is 11.9. The summed E-state index contributed by atoms with van der Waals surface area (Å²) >= 11 is 13.4. The Kier molecular flexibility index (Phi) is 5.24. The van der Waals surface area contributed by atoms with Crippen molar-refractivity contribution in [2.75, 3.05) is 4.72 Å². The second kappa shape index (κ2) is 7.25. The highest BCUT2D eigenvalue weighted by atomic mass is 35.5. The van der Waals surface area contributed by atoms with Crippen LogP contribution in [-0.4, -0.2) is 23.2 Å². The van der Waals surface area contributed by atoms with Gasteiger partial charge in [-0.05, 0) is 48.2 Å². The number of nitrogens with one attached hydrogen (secondary N) is 1. The Bertz CT molecular complexity index is 984. The molecule has 130 valence electrons. The Hall–Kier alpha value is -1.74. The zero-order valence-electron chi connectivity index (χ0n) is 12.8. The Labute approximate surface area is 159 Å². The maximum absolute atomic E-state index is 12.5. The molecule has 0 radical (unpaired) electrons. The first-order valence-corrected chi connectivity index (χ1v) is 10.0. The highest BCUT2D eigenvalue weighted by Crippen LogP contribution is 2.31. The molecule has 10 heteroatoms. The third-order valence-corrected chi connectivity index (χ3v) is 6.57. The zero-order chi connectivity index (χ0) is 18.0. The summed E-state index contributed by atoms with van der Waals surface area (Å²) in [7, 11) is -2.05. The minimum Gasteiger partial charge on any atom is -0.311 e. The van der Waals surface area contributed by atoms with Gasteiger partial charge in [0.05, 0.1) is 10.0 Å². The van der Waals surface area contributed by atoms with Crippen molar-refractivity contribution in [3.05, 3.63) is 58.8 Å². The number of hydrogen-bond donors (Lipinski definition) is 1. The summed E-state index contributed by atoms with van der Waals surface area (Å²) < 4.78 is 29.3. The Morgan fingerprint density at radius 2 is 1.72 bits per heavy atom. The summed E-state index contributed by atoms with van der Waals surface area (Å²) in [6.07, 6.45) is 1.61. The molecule has 0 bridgehead atoms. The van der Waals surface area contributed by atoms with Gasteiger partial charge in [0.25, 0.3) is 10.0 Å². The van der Waals surface area contributed by atoms with Gasteiger partial charge < -0.3 is 4.57 Å². The quantitative estimate of drug-likeness (QED) is 0.680. The minimum atomic E-state index is -3.89. The first kappa shape index (κ1) is 18.1. The molecule has 2 aromatic carbocycles. The largest absolute Gasteiger partial charge is 0.311 e. The number of anilines is 1. The van der Waals surface area contributed by atoms with Gasteiger partial charge in [-0.25, -0.2) is 8.42 Å². The average Bonchev–Trinajstić information content (AvgIpc) is 2.93. The number of rotatable bonds is 5. The van der Waals surface area contributed by atoms with Gasteiger partial charge in [-0.15, -0.1) is 10.2 Å². The van der Waals surface area contributed by atoms with Gasteiger partial charge in [-0.3, -0.25) is 4.72 Å². The van der Waals surface area contributed by atoms with Crippen molar-refractivity contribution in [1.82, 2.24) is 14.8 Å². The smallest absolute Gasteiger partial charge is 0.264 e. The number of benzene rings is 2. The molecule has 0 amide bonds. The maximum atomic E-state index is 12.5. The standard InChI is InChI=1S/C15H12Cl2N4O2S2/c1-21-9-18-19-15(21)24-11-7-5-10(6-8-11)20-25(22,23)14-12(16)3-2-4-13(14)17/h2-9,20H,1H3. The van der Waals surface area contributed by atoms with E-state index in [-0.39, 0.29) is 14.9 Å². The Morgan fingerprint density at radius 3 is 2.28 bits per heavy atom. The van der Waals surface area contributed by atoms with E-state index in [0.29, 0.717) is 5.69 Å². The number of halogens is 2. The number of aromatic nitrogens is 3. The molecule has 6 nitrogen and oxygen atoms in total. The molecule has 0 saturated carbocycles. The lowest BCUT2D eigenvalue weighted by atomic mass is 10.3. The van der Waals surface area contributed by atoms with Gasteiger partial charge in [0.1, 0.15) is 11.2 Å². The van der Waals surface area contributed by atoms with E-state index >= 15 is 0 Å². The zero-order valence-corrected chi connectivity index (χ0v) is 16.0. The van der Waals surface area contributed by atoms with E-state index in [1.165, 1.54) is 23.9 Å². The van der Waals surface area contributed by atoms with Gasteiger partial charge in [0.15, 0.2) is 5.16 Å². The lowest BCUT2D eigenvalue weighted by molar-refractivity contribution is 0.601. The summed E-state index contributed by atoms with van der Waals surface area (Å²) in [5, 5.41) is 8.66. The van der Waals surface area contributed by atoms with Crippen molar-refractivity contribution < 1.29 is 8.42 Å². The second-order valence-electron chi connectivity index (χ2n) is 5.01. The van der Waals surface area contributed by atoms with E-state index in [2.05, 4.69) is 14.9 Å². The predicted molar refractivity (Wildman–Crippen MR) is 98.8 cm³/mol. The van der Waals surface area contributed by atoms with Crippen LogP contribution in [0.15, 0.2) is 63.7 Å². The minimum absolute atomic E-state index is 0.0643. The molecule has 1 heterocycles. The third-order valence-electron chi connectivity index (χ3n) is 3.17. The molecule has 25 heavy (non-hydrogen) atoms. The number of hydrogen-bond acceptors (Lipinski definition) is 5. The summed E-state index contributed by atoms with van der Waals surface area (Å²) in [6, 6.07) is 11.4. The van der Waals surface area contributed by atoms with Gasteiger partial charge in [0.2, 0.25) is 0 Å². The van der Waals surface area contributed by atoms with E-state index < -0.39 is 10.0 Å². The van der Waals surface area contributed by atoms with Crippen molar-refractivity contribution in [2.24, 2.45) is 7.05 Å². The molecule has 0 atom stereocenters. The lowest BCUT2D eigenvalue weighted by Gasteiger charge is -2.11. The highest BCUT2D eigenvalue weighted by molar-refractivity contribution is 7.99. The van der Waals surface area contributed by atoms with Crippen molar-refractivity contribution in [3.63, 3.8) is 0 Å². The summed E-state index contributed by atoms with van der Waals surface area (Å²) in [4.78, 5) is 0.755. The van der Waals surface area contributed by atoms with E-state index in [0.717, 1.165) is 10.1 Å². The van der Waals surface area contributed by atoms with Crippen molar-refractivity contribution in [1.29, 1.82) is 0 Å².